The van der Waals surface area contributed by atoms with Crippen LogP contribution in [0.2, 0.25) is 0 Å². The fraction of sp³-hybridized carbons (Fsp3) is 0.533. The number of rotatable bonds is 2. The summed E-state index contributed by atoms with van der Waals surface area (Å²) in [7, 11) is 0. The Balaban J connectivity index is 2.17. The Hall–Kier alpha value is -1.35. The van der Waals surface area contributed by atoms with Crippen molar-refractivity contribution in [3.05, 3.63) is 34.9 Å². The van der Waals surface area contributed by atoms with E-state index in [1.807, 2.05) is 36.9 Å². The molecule has 1 atom stereocenters. The molecule has 0 bridgehead atoms. The van der Waals surface area contributed by atoms with E-state index in [9.17, 15) is 9.90 Å². The molecule has 1 amide bonds. The van der Waals surface area contributed by atoms with E-state index in [0.29, 0.717) is 6.54 Å². The number of nitrogens with zero attached hydrogens (tertiary/aromatic N) is 1. The van der Waals surface area contributed by atoms with Gasteiger partial charge in [-0.15, -0.1) is 0 Å². The Labute approximate surface area is 108 Å². The summed E-state index contributed by atoms with van der Waals surface area (Å²) in [5.74, 6) is 0.349. The van der Waals surface area contributed by atoms with Gasteiger partial charge >= 0.3 is 0 Å². The lowest BCUT2D eigenvalue weighted by molar-refractivity contribution is 0.0620. The van der Waals surface area contributed by atoms with E-state index < -0.39 is 0 Å². The third-order valence-corrected chi connectivity index (χ3v) is 3.69. The van der Waals surface area contributed by atoms with E-state index in [-0.39, 0.29) is 18.4 Å². The molecule has 0 saturated carbocycles. The first kappa shape index (κ1) is 13.1. The maximum atomic E-state index is 12.5. The van der Waals surface area contributed by atoms with Gasteiger partial charge in [-0.2, -0.15) is 0 Å². The molecule has 1 heterocycles. The van der Waals surface area contributed by atoms with E-state index >= 15 is 0 Å². The zero-order valence-corrected chi connectivity index (χ0v) is 11.1. The normalized spacial score (nSPS) is 19.9. The summed E-state index contributed by atoms with van der Waals surface area (Å²) < 4.78 is 0. The summed E-state index contributed by atoms with van der Waals surface area (Å²) in [5.41, 5.74) is 2.94. The molecule has 2 rings (SSSR count). The van der Waals surface area contributed by atoms with Gasteiger partial charge in [0.1, 0.15) is 0 Å². The van der Waals surface area contributed by atoms with Crippen molar-refractivity contribution in [2.75, 3.05) is 19.7 Å². The van der Waals surface area contributed by atoms with Crippen molar-refractivity contribution in [3.8, 4) is 0 Å². The molecule has 0 aliphatic carbocycles. The lowest BCUT2D eigenvalue weighted by Gasteiger charge is -2.32. The van der Waals surface area contributed by atoms with E-state index in [2.05, 4.69) is 0 Å². The maximum absolute atomic E-state index is 12.5. The largest absolute Gasteiger partial charge is 0.396 e. The molecule has 1 aliphatic rings. The Morgan fingerprint density at radius 3 is 2.94 bits per heavy atom. The van der Waals surface area contributed by atoms with Crippen LogP contribution < -0.4 is 0 Å². The van der Waals surface area contributed by atoms with Crippen LogP contribution in [-0.2, 0) is 0 Å². The third kappa shape index (κ3) is 2.72. The minimum atomic E-state index is 0.106. The van der Waals surface area contributed by atoms with Gasteiger partial charge in [-0.3, -0.25) is 4.79 Å². The predicted octanol–water partition coefficient (Wildman–Crippen LogP) is 2.15. The van der Waals surface area contributed by atoms with Gasteiger partial charge in [0.25, 0.3) is 5.91 Å². The van der Waals surface area contributed by atoms with Crippen LogP contribution in [0.25, 0.3) is 0 Å². The lowest BCUT2D eigenvalue weighted by Crippen LogP contribution is -2.41. The fourth-order valence-corrected chi connectivity index (χ4v) is 2.54. The van der Waals surface area contributed by atoms with Gasteiger partial charge in [0.2, 0.25) is 0 Å². The Morgan fingerprint density at radius 1 is 1.44 bits per heavy atom. The summed E-state index contributed by atoms with van der Waals surface area (Å²) in [4.78, 5) is 14.4. The lowest BCUT2D eigenvalue weighted by atomic mass is 9.97. The number of carbonyl (C=O) groups is 1. The van der Waals surface area contributed by atoms with Gasteiger partial charge in [0.15, 0.2) is 0 Å². The predicted molar refractivity (Wildman–Crippen MR) is 71.6 cm³/mol. The highest BCUT2D eigenvalue weighted by molar-refractivity contribution is 5.95. The number of aliphatic hydroxyl groups is 1. The zero-order valence-electron chi connectivity index (χ0n) is 11.1. The van der Waals surface area contributed by atoms with E-state index in [1.54, 1.807) is 0 Å². The first-order chi connectivity index (χ1) is 8.61. The maximum Gasteiger partial charge on any atom is 0.254 e. The molecule has 0 aromatic heterocycles. The number of aliphatic hydroxyl groups excluding tert-OH is 1. The standard InChI is InChI=1S/C15H21NO2/c1-11-5-6-12(2)14(8-11)15(18)16-7-3-4-13(9-16)10-17/h5-6,8,13,17H,3-4,7,9-10H2,1-2H3. The molecule has 0 spiro atoms. The zero-order chi connectivity index (χ0) is 13.1. The average Bonchev–Trinajstić information content (AvgIpc) is 2.41. The third-order valence-electron chi connectivity index (χ3n) is 3.69. The quantitative estimate of drug-likeness (QED) is 0.870. The van der Waals surface area contributed by atoms with Crippen molar-refractivity contribution in [2.45, 2.75) is 26.7 Å². The Morgan fingerprint density at radius 2 is 2.22 bits per heavy atom. The number of hydrogen-bond acceptors (Lipinski definition) is 2. The van der Waals surface area contributed by atoms with Crippen LogP contribution in [-0.4, -0.2) is 35.6 Å². The van der Waals surface area contributed by atoms with E-state index in [1.165, 1.54) is 0 Å². The van der Waals surface area contributed by atoms with Crippen LogP contribution >= 0.6 is 0 Å². The van der Waals surface area contributed by atoms with Gasteiger partial charge in [0.05, 0.1) is 0 Å². The molecule has 1 N–H and O–H groups in total. The molecule has 3 nitrogen and oxygen atoms in total. The van der Waals surface area contributed by atoms with Gasteiger partial charge in [-0.05, 0) is 44.2 Å². The summed E-state index contributed by atoms with van der Waals surface area (Å²) in [6.45, 7) is 5.64. The molecule has 1 fully saturated rings. The average molecular weight is 247 g/mol. The van der Waals surface area contributed by atoms with Crippen LogP contribution in [0.3, 0.4) is 0 Å². The molecular weight excluding hydrogens is 226 g/mol. The van der Waals surface area contributed by atoms with Gasteiger partial charge in [-0.25, -0.2) is 0 Å². The summed E-state index contributed by atoms with van der Waals surface area (Å²) in [6, 6.07) is 5.98. The van der Waals surface area contributed by atoms with Crippen molar-refractivity contribution in [2.24, 2.45) is 5.92 Å². The van der Waals surface area contributed by atoms with Gasteiger partial charge in [0, 0.05) is 25.3 Å². The monoisotopic (exact) mass is 247 g/mol. The second kappa shape index (κ2) is 5.53. The van der Waals surface area contributed by atoms with Gasteiger partial charge < -0.3 is 10.0 Å². The SMILES string of the molecule is Cc1ccc(C)c(C(=O)N2CCCC(CO)C2)c1. The number of aryl methyl sites for hydroxylation is 2. The second-order valence-electron chi connectivity index (χ2n) is 5.26. The second-order valence-corrected chi connectivity index (χ2v) is 5.26. The summed E-state index contributed by atoms with van der Waals surface area (Å²) in [5, 5.41) is 9.22. The molecule has 1 aliphatic heterocycles. The first-order valence-electron chi connectivity index (χ1n) is 6.59. The number of amides is 1. The number of piperidine rings is 1. The molecule has 0 radical (unpaired) electrons. The van der Waals surface area contributed by atoms with Crippen LogP contribution in [0.5, 0.6) is 0 Å². The van der Waals surface area contributed by atoms with E-state index in [0.717, 1.165) is 36.1 Å². The van der Waals surface area contributed by atoms with Crippen LogP contribution in [0.4, 0.5) is 0 Å². The van der Waals surface area contributed by atoms with Crippen molar-refractivity contribution >= 4 is 5.91 Å². The molecule has 3 heteroatoms. The summed E-state index contributed by atoms with van der Waals surface area (Å²) >= 11 is 0. The highest BCUT2D eigenvalue weighted by atomic mass is 16.3. The number of hydrogen-bond donors (Lipinski definition) is 1. The van der Waals surface area contributed by atoms with Gasteiger partial charge in [-0.1, -0.05) is 17.7 Å². The van der Waals surface area contributed by atoms with Crippen molar-refractivity contribution in [1.82, 2.24) is 4.90 Å². The van der Waals surface area contributed by atoms with Crippen molar-refractivity contribution < 1.29 is 9.90 Å². The number of benzene rings is 1. The van der Waals surface area contributed by atoms with Crippen LogP contribution in [0.15, 0.2) is 18.2 Å². The van der Waals surface area contributed by atoms with Crippen molar-refractivity contribution in [1.29, 1.82) is 0 Å². The topological polar surface area (TPSA) is 40.5 Å². The highest BCUT2D eigenvalue weighted by Gasteiger charge is 2.24. The minimum absolute atomic E-state index is 0.106. The minimum Gasteiger partial charge on any atom is -0.396 e. The molecule has 1 unspecified atom stereocenters. The smallest absolute Gasteiger partial charge is 0.254 e. The fourth-order valence-electron chi connectivity index (χ4n) is 2.54. The Kier molecular flexibility index (Phi) is 4.02. The van der Waals surface area contributed by atoms with Crippen LogP contribution in [0, 0.1) is 19.8 Å². The first-order valence-corrected chi connectivity index (χ1v) is 6.59. The molecular formula is C15H21NO2. The Bertz CT molecular complexity index is 442. The highest BCUT2D eigenvalue weighted by Crippen LogP contribution is 2.20. The molecule has 98 valence electrons. The number of carbonyl (C=O) groups excluding carboxylic acids is 1. The molecule has 1 aromatic carbocycles. The van der Waals surface area contributed by atoms with E-state index in [4.69, 9.17) is 0 Å². The van der Waals surface area contributed by atoms with Crippen molar-refractivity contribution in [3.63, 3.8) is 0 Å². The molecule has 1 aromatic rings. The van der Waals surface area contributed by atoms with Crippen LogP contribution in [0.1, 0.15) is 34.3 Å². The molecule has 1 saturated heterocycles. The summed E-state index contributed by atoms with van der Waals surface area (Å²) in [6.07, 6.45) is 2.01. The number of likely N-dealkylation sites (tertiary alicyclic amines) is 1. The molecule has 18 heavy (non-hydrogen) atoms.